The van der Waals surface area contributed by atoms with Crippen LogP contribution in [0.5, 0.6) is 0 Å². The molecule has 1 heterocycles. The number of rotatable bonds is 3. The first kappa shape index (κ1) is 21.1. The van der Waals surface area contributed by atoms with Crippen LogP contribution in [-0.2, 0) is 19.1 Å². The van der Waals surface area contributed by atoms with Crippen molar-refractivity contribution in [3.8, 4) is 0 Å². The molecule has 0 aromatic carbocycles. The second-order valence-corrected chi connectivity index (χ2v) is 10.2. The molecule has 5 atom stereocenters. The van der Waals surface area contributed by atoms with Crippen molar-refractivity contribution in [1.82, 2.24) is 5.32 Å². The van der Waals surface area contributed by atoms with E-state index in [4.69, 9.17) is 16.3 Å². The number of imide groups is 1. The number of esters is 1. The smallest absolute Gasteiger partial charge is 0.303 e. The molecule has 2 saturated carbocycles. The molecule has 0 spiro atoms. The number of nitrogens with one attached hydrogen (secondary N) is 1. The van der Waals surface area contributed by atoms with E-state index in [9.17, 15) is 14.4 Å². The summed E-state index contributed by atoms with van der Waals surface area (Å²) >= 11 is 6.67. The van der Waals surface area contributed by atoms with Gasteiger partial charge in [0.2, 0.25) is 5.91 Å². The van der Waals surface area contributed by atoms with Gasteiger partial charge in [-0.25, -0.2) is 0 Å². The zero-order valence-corrected chi connectivity index (χ0v) is 17.9. The maximum absolute atomic E-state index is 12.0. The molecule has 5 nitrogen and oxygen atoms in total. The Hall–Kier alpha value is -1.62. The number of carbonyl (C=O) groups is 3. The average Bonchev–Trinajstić information content (AvgIpc) is 2.85. The molecule has 28 heavy (non-hydrogen) atoms. The van der Waals surface area contributed by atoms with E-state index in [-0.39, 0.29) is 52.4 Å². The molecule has 154 valence electrons. The fraction of sp³-hybridized carbons (Fsp3) is 0.682. The Morgan fingerprint density at radius 2 is 2.00 bits per heavy atom. The fourth-order valence-electron chi connectivity index (χ4n) is 5.96. The molecular formula is C22H30ClNO4. The number of allylic oxidation sites excluding steroid dienone is 1. The lowest BCUT2D eigenvalue weighted by Crippen LogP contribution is -2.55. The summed E-state index contributed by atoms with van der Waals surface area (Å²) in [5, 5.41) is 2.40. The predicted molar refractivity (Wildman–Crippen MR) is 108 cm³/mol. The van der Waals surface area contributed by atoms with Crippen molar-refractivity contribution in [3.63, 3.8) is 0 Å². The van der Waals surface area contributed by atoms with Crippen LogP contribution in [-0.4, -0.2) is 29.3 Å². The lowest BCUT2D eigenvalue weighted by molar-refractivity contribution is -0.153. The van der Waals surface area contributed by atoms with Gasteiger partial charge >= 0.3 is 5.97 Å². The number of fused-ring (bicyclic) bond motifs is 1. The van der Waals surface area contributed by atoms with Gasteiger partial charge in [0.15, 0.2) is 0 Å². The Morgan fingerprint density at radius 3 is 2.57 bits per heavy atom. The van der Waals surface area contributed by atoms with E-state index in [0.29, 0.717) is 17.9 Å². The van der Waals surface area contributed by atoms with E-state index in [1.807, 2.05) is 6.08 Å². The molecule has 3 fully saturated rings. The number of amides is 2. The van der Waals surface area contributed by atoms with Gasteiger partial charge in [0.05, 0.1) is 6.42 Å². The van der Waals surface area contributed by atoms with Crippen LogP contribution in [0.3, 0.4) is 0 Å². The molecule has 1 N–H and O–H groups in total. The van der Waals surface area contributed by atoms with E-state index in [1.165, 1.54) is 6.92 Å². The van der Waals surface area contributed by atoms with Crippen LogP contribution in [0.25, 0.3) is 0 Å². The van der Waals surface area contributed by atoms with Gasteiger partial charge in [-0.2, -0.15) is 0 Å². The van der Waals surface area contributed by atoms with E-state index in [0.717, 1.165) is 24.8 Å². The summed E-state index contributed by atoms with van der Waals surface area (Å²) in [5.74, 6) is -0.555. The Balaban J connectivity index is 1.96. The van der Waals surface area contributed by atoms with Crippen molar-refractivity contribution in [1.29, 1.82) is 0 Å². The molecular weight excluding hydrogens is 378 g/mol. The molecule has 5 unspecified atom stereocenters. The predicted octanol–water partition coefficient (Wildman–Crippen LogP) is 3.91. The first-order chi connectivity index (χ1) is 12.9. The molecule has 1 saturated heterocycles. The monoisotopic (exact) mass is 407 g/mol. The number of hydrogen-bond donors (Lipinski definition) is 1. The van der Waals surface area contributed by atoms with Crippen molar-refractivity contribution >= 4 is 29.4 Å². The van der Waals surface area contributed by atoms with E-state index in [1.54, 1.807) is 0 Å². The van der Waals surface area contributed by atoms with Crippen LogP contribution in [0.1, 0.15) is 59.8 Å². The minimum Gasteiger partial charge on any atom is -0.458 e. The Labute approximate surface area is 171 Å². The topological polar surface area (TPSA) is 72.5 Å². The van der Waals surface area contributed by atoms with Crippen LogP contribution < -0.4 is 5.32 Å². The highest BCUT2D eigenvalue weighted by Gasteiger charge is 2.57. The minimum absolute atomic E-state index is 0.00457. The second-order valence-electron chi connectivity index (χ2n) is 9.53. The molecule has 6 heteroatoms. The third kappa shape index (κ3) is 3.78. The lowest BCUT2D eigenvalue weighted by atomic mass is 9.46. The number of halogens is 1. The van der Waals surface area contributed by atoms with Gasteiger partial charge < -0.3 is 4.74 Å². The molecule has 0 radical (unpaired) electrons. The number of carbonyl (C=O) groups excluding carboxylic acids is 3. The zero-order chi connectivity index (χ0) is 20.9. The normalized spacial score (nSPS) is 38.9. The SMILES string of the molecule is C=C1C(OC(C)=O)CC2C(C)(C)CC(Cl)CC2(C)C1CC=C1CC(=O)NC1=O. The van der Waals surface area contributed by atoms with E-state index >= 15 is 0 Å². The summed E-state index contributed by atoms with van der Waals surface area (Å²) in [5.41, 5.74) is 1.28. The van der Waals surface area contributed by atoms with Gasteiger partial charge in [0, 0.05) is 17.9 Å². The van der Waals surface area contributed by atoms with Gasteiger partial charge in [-0.3, -0.25) is 19.7 Å². The van der Waals surface area contributed by atoms with Crippen molar-refractivity contribution in [2.24, 2.45) is 22.7 Å². The van der Waals surface area contributed by atoms with Crippen molar-refractivity contribution in [3.05, 3.63) is 23.8 Å². The molecule has 0 aromatic rings. The number of ether oxygens (including phenoxy) is 1. The minimum atomic E-state index is -0.329. The Bertz CT molecular complexity index is 756. The second kappa shape index (κ2) is 7.33. The van der Waals surface area contributed by atoms with Crippen molar-refractivity contribution < 1.29 is 19.1 Å². The Morgan fingerprint density at radius 1 is 1.32 bits per heavy atom. The largest absolute Gasteiger partial charge is 0.458 e. The van der Waals surface area contributed by atoms with Gasteiger partial charge in [0.25, 0.3) is 5.91 Å². The van der Waals surface area contributed by atoms with E-state index in [2.05, 4.69) is 32.7 Å². The van der Waals surface area contributed by atoms with E-state index < -0.39 is 0 Å². The van der Waals surface area contributed by atoms with Gasteiger partial charge in [-0.15, -0.1) is 11.6 Å². The zero-order valence-electron chi connectivity index (χ0n) is 17.1. The molecule has 1 aliphatic heterocycles. The standard InChI is InChI=1S/C22H30ClNO4/c1-12-16(7-6-14-8-19(26)24-20(14)27)22(5)11-15(23)10-21(3,4)18(22)9-17(12)28-13(2)25/h6,15-18H,1,7-11H2,2-5H3,(H,24,26,27). The molecule has 0 aromatic heterocycles. The van der Waals surface area contributed by atoms with Crippen LogP contribution in [0.4, 0.5) is 0 Å². The lowest BCUT2D eigenvalue weighted by Gasteiger charge is -2.60. The van der Waals surface area contributed by atoms with Crippen molar-refractivity contribution in [2.75, 3.05) is 0 Å². The quantitative estimate of drug-likeness (QED) is 0.253. The highest BCUT2D eigenvalue weighted by atomic mass is 35.5. The summed E-state index contributed by atoms with van der Waals surface area (Å²) in [7, 11) is 0. The first-order valence-corrected chi connectivity index (χ1v) is 10.4. The summed E-state index contributed by atoms with van der Waals surface area (Å²) in [6.07, 6.45) is 4.75. The first-order valence-electron chi connectivity index (χ1n) is 9.97. The maximum atomic E-state index is 12.0. The molecule has 3 rings (SSSR count). The van der Waals surface area contributed by atoms with Crippen molar-refractivity contribution in [2.45, 2.75) is 71.3 Å². The van der Waals surface area contributed by atoms with Crippen LogP contribution >= 0.6 is 11.6 Å². The molecule has 0 bridgehead atoms. The van der Waals surface area contributed by atoms with Crippen LogP contribution in [0.15, 0.2) is 23.8 Å². The number of alkyl halides is 1. The van der Waals surface area contributed by atoms with Gasteiger partial charge in [-0.05, 0) is 53.9 Å². The van der Waals surface area contributed by atoms with Gasteiger partial charge in [0.1, 0.15) is 6.10 Å². The maximum Gasteiger partial charge on any atom is 0.303 e. The summed E-state index contributed by atoms with van der Waals surface area (Å²) in [6, 6.07) is 0. The average molecular weight is 408 g/mol. The summed E-state index contributed by atoms with van der Waals surface area (Å²) in [4.78, 5) is 35.1. The summed E-state index contributed by atoms with van der Waals surface area (Å²) in [6.45, 7) is 12.5. The molecule has 3 aliphatic rings. The Kier molecular flexibility index (Phi) is 5.52. The molecule has 2 amide bonds. The van der Waals surface area contributed by atoms with Gasteiger partial charge in [-0.1, -0.05) is 33.4 Å². The third-order valence-corrected chi connectivity index (χ3v) is 7.37. The third-order valence-electron chi connectivity index (χ3n) is 7.06. The van der Waals surface area contributed by atoms with Crippen LogP contribution in [0, 0.1) is 22.7 Å². The highest BCUT2D eigenvalue weighted by Crippen LogP contribution is 2.62. The highest BCUT2D eigenvalue weighted by molar-refractivity contribution is 6.20. The van der Waals surface area contributed by atoms with Crippen LogP contribution in [0.2, 0.25) is 0 Å². The fourth-order valence-corrected chi connectivity index (χ4v) is 6.69. The molecule has 2 aliphatic carbocycles. The summed E-state index contributed by atoms with van der Waals surface area (Å²) < 4.78 is 5.63. The number of hydrogen-bond acceptors (Lipinski definition) is 4.